The SMILES string of the molecule is COc1cc(C(=O)N2N=C(c3ccccc3)CC2c2ccc3c(c2)OCO3)cc(OC)c1OC. The predicted molar refractivity (Wildman–Crippen MR) is 125 cm³/mol. The van der Waals surface area contributed by atoms with Crippen LogP contribution in [0.5, 0.6) is 28.7 Å². The van der Waals surface area contributed by atoms with E-state index in [0.29, 0.717) is 40.7 Å². The van der Waals surface area contributed by atoms with E-state index in [2.05, 4.69) is 0 Å². The van der Waals surface area contributed by atoms with Crippen LogP contribution in [0.4, 0.5) is 0 Å². The highest BCUT2D eigenvalue weighted by Gasteiger charge is 2.35. The summed E-state index contributed by atoms with van der Waals surface area (Å²) < 4.78 is 27.3. The van der Waals surface area contributed by atoms with Crippen molar-refractivity contribution in [3.05, 3.63) is 77.4 Å². The molecule has 8 nitrogen and oxygen atoms in total. The van der Waals surface area contributed by atoms with E-state index in [9.17, 15) is 4.79 Å². The molecule has 2 heterocycles. The molecule has 0 N–H and O–H groups in total. The third-order valence-electron chi connectivity index (χ3n) is 5.92. The molecule has 1 atom stereocenters. The average molecular weight is 460 g/mol. The third kappa shape index (κ3) is 3.77. The minimum absolute atomic E-state index is 0.184. The van der Waals surface area contributed by atoms with Gasteiger partial charge in [0, 0.05) is 12.0 Å². The molecular weight excluding hydrogens is 436 g/mol. The van der Waals surface area contributed by atoms with Crippen molar-refractivity contribution in [2.24, 2.45) is 5.10 Å². The van der Waals surface area contributed by atoms with Crippen molar-refractivity contribution in [1.29, 1.82) is 0 Å². The number of hydrazone groups is 1. The van der Waals surface area contributed by atoms with Crippen molar-refractivity contribution in [3.8, 4) is 28.7 Å². The van der Waals surface area contributed by atoms with E-state index in [1.165, 1.54) is 26.3 Å². The van der Waals surface area contributed by atoms with E-state index < -0.39 is 0 Å². The molecule has 34 heavy (non-hydrogen) atoms. The van der Waals surface area contributed by atoms with Crippen molar-refractivity contribution < 1.29 is 28.5 Å². The molecule has 0 bridgehead atoms. The smallest absolute Gasteiger partial charge is 0.274 e. The molecule has 1 unspecified atom stereocenters. The largest absolute Gasteiger partial charge is 0.493 e. The number of carbonyl (C=O) groups excluding carboxylic acids is 1. The second-order valence-electron chi connectivity index (χ2n) is 7.81. The Morgan fingerprint density at radius 2 is 1.62 bits per heavy atom. The second-order valence-corrected chi connectivity index (χ2v) is 7.81. The molecule has 3 aromatic rings. The summed E-state index contributed by atoms with van der Waals surface area (Å²) in [6.45, 7) is 0.184. The molecule has 0 saturated heterocycles. The Bertz CT molecular complexity index is 1230. The van der Waals surface area contributed by atoms with E-state index >= 15 is 0 Å². The first-order valence-electron chi connectivity index (χ1n) is 10.8. The Balaban J connectivity index is 1.57. The summed E-state index contributed by atoms with van der Waals surface area (Å²) in [5, 5.41) is 6.27. The van der Waals surface area contributed by atoms with Gasteiger partial charge in [0.25, 0.3) is 5.91 Å². The van der Waals surface area contributed by atoms with Crippen molar-refractivity contribution >= 4 is 11.6 Å². The highest BCUT2D eigenvalue weighted by Crippen LogP contribution is 2.42. The Hall–Kier alpha value is -4.20. The molecule has 3 aromatic carbocycles. The fraction of sp³-hybridized carbons (Fsp3) is 0.231. The van der Waals surface area contributed by atoms with Gasteiger partial charge in [0.05, 0.1) is 33.1 Å². The summed E-state index contributed by atoms with van der Waals surface area (Å²) in [5.41, 5.74) is 3.07. The van der Waals surface area contributed by atoms with E-state index in [1.807, 2.05) is 48.5 Å². The first kappa shape index (κ1) is 21.6. The Morgan fingerprint density at radius 1 is 0.912 bits per heavy atom. The lowest BCUT2D eigenvalue weighted by molar-refractivity contribution is 0.0710. The second kappa shape index (κ2) is 8.97. The number of rotatable bonds is 6. The van der Waals surface area contributed by atoms with Gasteiger partial charge in [-0.25, -0.2) is 5.01 Å². The molecule has 0 fully saturated rings. The number of nitrogens with zero attached hydrogens (tertiary/aromatic N) is 2. The molecule has 5 rings (SSSR count). The summed E-state index contributed by atoms with van der Waals surface area (Å²) in [4.78, 5) is 13.8. The van der Waals surface area contributed by atoms with Gasteiger partial charge in [-0.1, -0.05) is 36.4 Å². The van der Waals surface area contributed by atoms with E-state index in [0.717, 1.165) is 16.8 Å². The minimum Gasteiger partial charge on any atom is -0.493 e. The number of benzene rings is 3. The molecular formula is C26H24N2O6. The van der Waals surface area contributed by atoms with Crippen LogP contribution in [-0.4, -0.2) is 44.8 Å². The van der Waals surface area contributed by atoms with Crippen LogP contribution in [-0.2, 0) is 0 Å². The summed E-state index contributed by atoms with van der Waals surface area (Å²) >= 11 is 0. The number of ether oxygens (including phenoxy) is 5. The Kier molecular flexibility index (Phi) is 5.71. The number of methoxy groups -OCH3 is 3. The van der Waals surface area contributed by atoms with Gasteiger partial charge in [0.2, 0.25) is 12.5 Å². The Labute approximate surface area is 197 Å². The minimum atomic E-state index is -0.323. The predicted octanol–water partition coefficient (Wildman–Crippen LogP) is 4.43. The van der Waals surface area contributed by atoms with E-state index in [1.54, 1.807) is 12.1 Å². The maximum atomic E-state index is 13.8. The van der Waals surface area contributed by atoms with E-state index in [-0.39, 0.29) is 18.7 Å². The number of hydrogen-bond acceptors (Lipinski definition) is 7. The lowest BCUT2D eigenvalue weighted by Crippen LogP contribution is -2.27. The third-order valence-corrected chi connectivity index (χ3v) is 5.92. The maximum Gasteiger partial charge on any atom is 0.274 e. The fourth-order valence-corrected chi connectivity index (χ4v) is 4.22. The number of amides is 1. The molecule has 174 valence electrons. The zero-order valence-corrected chi connectivity index (χ0v) is 19.1. The number of fused-ring (bicyclic) bond motifs is 1. The topological polar surface area (TPSA) is 78.8 Å². The van der Waals surface area contributed by atoms with Crippen molar-refractivity contribution in [1.82, 2.24) is 5.01 Å². The lowest BCUT2D eigenvalue weighted by Gasteiger charge is -2.23. The quantitative estimate of drug-likeness (QED) is 0.542. The van der Waals surface area contributed by atoms with Crippen molar-refractivity contribution in [2.75, 3.05) is 28.1 Å². The molecule has 0 aliphatic carbocycles. The van der Waals surface area contributed by atoms with Crippen LogP contribution in [0.25, 0.3) is 0 Å². The fourth-order valence-electron chi connectivity index (χ4n) is 4.22. The molecule has 0 aromatic heterocycles. The van der Waals surface area contributed by atoms with Gasteiger partial charge in [-0.2, -0.15) is 5.10 Å². The number of hydrogen-bond donors (Lipinski definition) is 0. The average Bonchev–Trinajstić information content (AvgIpc) is 3.54. The molecule has 0 spiro atoms. The standard InChI is InChI=1S/C26H24N2O6/c1-30-23-12-18(13-24(31-2)25(23)32-3)26(29)28-20(14-19(27-28)16-7-5-4-6-8-16)17-9-10-21-22(11-17)34-15-33-21/h4-13,20H,14-15H2,1-3H3. The van der Waals surface area contributed by atoms with Crippen LogP contribution in [0.2, 0.25) is 0 Å². The summed E-state index contributed by atoms with van der Waals surface area (Å²) in [5.74, 6) is 2.28. The van der Waals surface area contributed by atoms with Gasteiger partial charge in [-0.15, -0.1) is 0 Å². The molecule has 0 radical (unpaired) electrons. The Morgan fingerprint density at radius 3 is 2.29 bits per heavy atom. The molecule has 8 heteroatoms. The van der Waals surface area contributed by atoms with Crippen LogP contribution < -0.4 is 23.7 Å². The van der Waals surface area contributed by atoms with Crippen LogP contribution in [0.1, 0.15) is 33.9 Å². The van der Waals surface area contributed by atoms with Crippen molar-refractivity contribution in [2.45, 2.75) is 12.5 Å². The maximum absolute atomic E-state index is 13.8. The monoisotopic (exact) mass is 460 g/mol. The van der Waals surface area contributed by atoms with Gasteiger partial charge >= 0.3 is 0 Å². The van der Waals surface area contributed by atoms with Crippen LogP contribution in [0.15, 0.2) is 65.8 Å². The summed E-state index contributed by atoms with van der Waals surface area (Å²) in [6.07, 6.45) is 0.555. The van der Waals surface area contributed by atoms with Gasteiger partial charge in [-0.3, -0.25) is 4.79 Å². The molecule has 2 aliphatic rings. The summed E-state index contributed by atoms with van der Waals surface area (Å²) in [7, 11) is 4.55. The van der Waals surface area contributed by atoms with Gasteiger partial charge < -0.3 is 23.7 Å². The molecule has 2 aliphatic heterocycles. The zero-order valence-electron chi connectivity index (χ0n) is 19.1. The normalized spacial score (nSPS) is 16.3. The first-order valence-corrected chi connectivity index (χ1v) is 10.8. The van der Waals surface area contributed by atoms with Crippen molar-refractivity contribution in [3.63, 3.8) is 0 Å². The van der Waals surface area contributed by atoms with Crippen LogP contribution in [0, 0.1) is 0 Å². The number of carbonyl (C=O) groups is 1. The van der Waals surface area contributed by atoms with E-state index in [4.69, 9.17) is 28.8 Å². The van der Waals surface area contributed by atoms with Crippen LogP contribution in [0.3, 0.4) is 0 Å². The highest BCUT2D eigenvalue weighted by atomic mass is 16.7. The molecule has 1 amide bonds. The zero-order chi connectivity index (χ0) is 23.7. The van der Waals surface area contributed by atoms with Gasteiger partial charge in [0.1, 0.15) is 0 Å². The summed E-state index contributed by atoms with van der Waals surface area (Å²) in [6, 6.07) is 18.5. The first-order chi connectivity index (χ1) is 16.6. The van der Waals surface area contributed by atoms with Gasteiger partial charge in [0.15, 0.2) is 23.0 Å². The highest BCUT2D eigenvalue weighted by molar-refractivity contribution is 6.05. The molecule has 0 saturated carbocycles. The van der Waals surface area contributed by atoms with Gasteiger partial charge in [-0.05, 0) is 35.4 Å². The lowest BCUT2D eigenvalue weighted by atomic mass is 9.97. The van der Waals surface area contributed by atoms with Crippen LogP contribution >= 0.6 is 0 Å².